The fraction of sp³-hybridized carbons (Fsp3) is 0.429. The minimum absolute atomic E-state index is 0.0464. The van der Waals surface area contributed by atoms with E-state index in [9.17, 15) is 22.8 Å². The van der Waals surface area contributed by atoms with Crippen LogP contribution >= 0.6 is 11.6 Å². The largest absolute Gasteiger partial charge is 0.490 e. The molecule has 0 radical (unpaired) electrons. The van der Waals surface area contributed by atoms with Crippen LogP contribution in [0.5, 0.6) is 5.75 Å². The van der Waals surface area contributed by atoms with E-state index in [1.54, 1.807) is 0 Å². The Bertz CT molecular complexity index is 594. The minimum atomic E-state index is -4.75. The highest BCUT2D eigenvalue weighted by molar-refractivity contribution is 6.31. The van der Waals surface area contributed by atoms with Crippen LogP contribution in [0.2, 0.25) is 5.02 Å². The molecule has 0 fully saturated rings. The van der Waals surface area contributed by atoms with Crippen molar-refractivity contribution in [3.8, 4) is 5.75 Å². The van der Waals surface area contributed by atoms with Gasteiger partial charge in [-0.1, -0.05) is 11.6 Å². The Morgan fingerprint density at radius 1 is 1.33 bits per heavy atom. The summed E-state index contributed by atoms with van der Waals surface area (Å²) in [7, 11) is 1.44. The number of carboxylic acid groups (broad SMARTS) is 1. The summed E-state index contributed by atoms with van der Waals surface area (Å²) >= 11 is 5.77. The Kier molecular flexibility index (Phi) is 7.30. The number of alkyl halides is 3. The standard InChI is InChI=1S/C14H15ClF3NO5/c1-23-4-5-24-11-3-2-8(15)6-9(11)12(20)19-10(13(21)22)7-14(16,17)18/h2-3,6,10H,4-5,7H2,1H3,(H,19,20)(H,21,22). The van der Waals surface area contributed by atoms with Gasteiger partial charge >= 0.3 is 12.1 Å². The number of aliphatic carboxylic acids is 1. The number of rotatable bonds is 8. The van der Waals surface area contributed by atoms with Crippen molar-refractivity contribution in [1.82, 2.24) is 5.32 Å². The van der Waals surface area contributed by atoms with E-state index < -0.39 is 30.5 Å². The summed E-state index contributed by atoms with van der Waals surface area (Å²) in [5.41, 5.74) is -0.174. The second-order valence-electron chi connectivity index (χ2n) is 4.67. The summed E-state index contributed by atoms with van der Waals surface area (Å²) in [4.78, 5) is 23.1. The van der Waals surface area contributed by atoms with Crippen molar-refractivity contribution in [2.75, 3.05) is 20.3 Å². The fourth-order valence-corrected chi connectivity index (χ4v) is 1.88. The highest BCUT2D eigenvalue weighted by Crippen LogP contribution is 2.25. The smallest absolute Gasteiger partial charge is 0.391 e. The molecular weight excluding hydrogens is 355 g/mol. The molecule has 6 nitrogen and oxygen atoms in total. The summed E-state index contributed by atoms with van der Waals surface area (Å²) in [6.45, 7) is 0.304. The number of carboxylic acids is 1. The summed E-state index contributed by atoms with van der Waals surface area (Å²) < 4.78 is 47.2. The van der Waals surface area contributed by atoms with Crippen LogP contribution in [0, 0.1) is 0 Å². The van der Waals surface area contributed by atoms with E-state index in [0.29, 0.717) is 0 Å². The number of halogens is 4. The first kappa shape index (κ1) is 20.0. The molecule has 1 amide bonds. The minimum Gasteiger partial charge on any atom is -0.490 e. The summed E-state index contributed by atoms with van der Waals surface area (Å²) in [6, 6.07) is 1.83. The van der Waals surface area contributed by atoms with Crippen molar-refractivity contribution in [2.45, 2.75) is 18.6 Å². The molecule has 1 rings (SSSR count). The zero-order chi connectivity index (χ0) is 18.3. The van der Waals surface area contributed by atoms with E-state index in [2.05, 4.69) is 0 Å². The van der Waals surface area contributed by atoms with Crippen molar-refractivity contribution in [1.29, 1.82) is 0 Å². The third kappa shape index (κ3) is 6.63. The fourth-order valence-electron chi connectivity index (χ4n) is 1.71. The third-order valence-electron chi connectivity index (χ3n) is 2.77. The topological polar surface area (TPSA) is 84.9 Å². The molecule has 0 aromatic heterocycles. The number of amides is 1. The van der Waals surface area contributed by atoms with Gasteiger partial charge in [0.15, 0.2) is 0 Å². The Morgan fingerprint density at radius 2 is 2.00 bits per heavy atom. The molecule has 1 aromatic rings. The van der Waals surface area contributed by atoms with Gasteiger partial charge in [0.2, 0.25) is 0 Å². The highest BCUT2D eigenvalue weighted by Gasteiger charge is 2.36. The first-order valence-corrected chi connectivity index (χ1v) is 7.03. The molecule has 0 spiro atoms. The van der Waals surface area contributed by atoms with Crippen LogP contribution in [0.1, 0.15) is 16.8 Å². The first-order valence-electron chi connectivity index (χ1n) is 6.65. The molecule has 10 heteroatoms. The Balaban J connectivity index is 2.95. The average Bonchev–Trinajstić information content (AvgIpc) is 2.46. The SMILES string of the molecule is COCCOc1ccc(Cl)cc1C(=O)NC(CC(F)(F)F)C(=O)O. The number of nitrogens with one attached hydrogen (secondary N) is 1. The van der Waals surface area contributed by atoms with Crippen molar-refractivity contribution in [3.05, 3.63) is 28.8 Å². The predicted molar refractivity (Wildman–Crippen MR) is 78.4 cm³/mol. The Labute approximate surface area is 140 Å². The van der Waals surface area contributed by atoms with Crippen molar-refractivity contribution in [3.63, 3.8) is 0 Å². The lowest BCUT2D eigenvalue weighted by atomic mass is 10.1. The molecule has 0 aliphatic carbocycles. The van der Waals surface area contributed by atoms with Crippen molar-refractivity contribution in [2.24, 2.45) is 0 Å². The molecule has 1 unspecified atom stereocenters. The molecule has 1 aromatic carbocycles. The van der Waals surface area contributed by atoms with Gasteiger partial charge in [-0.15, -0.1) is 0 Å². The molecule has 0 heterocycles. The second kappa shape index (κ2) is 8.74. The van der Waals surface area contributed by atoms with Crippen LogP contribution in [-0.4, -0.2) is 49.5 Å². The molecule has 0 saturated carbocycles. The van der Waals surface area contributed by atoms with Gasteiger partial charge in [0.25, 0.3) is 5.91 Å². The Hall–Kier alpha value is -2.00. The van der Waals surface area contributed by atoms with Gasteiger partial charge in [0.1, 0.15) is 18.4 Å². The van der Waals surface area contributed by atoms with E-state index in [1.807, 2.05) is 5.32 Å². The predicted octanol–water partition coefficient (Wildman–Crippen LogP) is 2.50. The van der Waals surface area contributed by atoms with E-state index in [-0.39, 0.29) is 29.5 Å². The van der Waals surface area contributed by atoms with E-state index in [1.165, 1.54) is 25.3 Å². The van der Waals surface area contributed by atoms with Crippen LogP contribution in [0.15, 0.2) is 18.2 Å². The monoisotopic (exact) mass is 369 g/mol. The van der Waals surface area contributed by atoms with Crippen molar-refractivity contribution >= 4 is 23.5 Å². The molecule has 24 heavy (non-hydrogen) atoms. The maximum atomic E-state index is 12.4. The van der Waals surface area contributed by atoms with Crippen LogP contribution < -0.4 is 10.1 Å². The summed E-state index contributed by atoms with van der Waals surface area (Å²) in [6.07, 6.45) is -6.45. The lowest BCUT2D eigenvalue weighted by Gasteiger charge is -2.17. The van der Waals surface area contributed by atoms with Crippen LogP contribution in [0.4, 0.5) is 13.2 Å². The van der Waals surface area contributed by atoms with E-state index in [4.69, 9.17) is 26.2 Å². The average molecular weight is 370 g/mol. The number of carbonyl (C=O) groups excluding carboxylic acids is 1. The van der Waals surface area contributed by atoms with Crippen LogP contribution in [0.3, 0.4) is 0 Å². The molecule has 2 N–H and O–H groups in total. The molecule has 0 bridgehead atoms. The van der Waals surface area contributed by atoms with Crippen LogP contribution in [0.25, 0.3) is 0 Å². The lowest BCUT2D eigenvalue weighted by molar-refractivity contribution is -0.157. The zero-order valence-electron chi connectivity index (χ0n) is 12.5. The Morgan fingerprint density at radius 3 is 2.54 bits per heavy atom. The number of methoxy groups -OCH3 is 1. The summed E-state index contributed by atoms with van der Waals surface area (Å²) in [5, 5.41) is 10.8. The van der Waals surface area contributed by atoms with E-state index >= 15 is 0 Å². The first-order chi connectivity index (χ1) is 11.1. The maximum Gasteiger partial charge on any atom is 0.391 e. The quantitative estimate of drug-likeness (QED) is 0.688. The van der Waals surface area contributed by atoms with Crippen LogP contribution in [-0.2, 0) is 9.53 Å². The van der Waals surface area contributed by atoms with Gasteiger partial charge in [-0.25, -0.2) is 4.79 Å². The van der Waals surface area contributed by atoms with Gasteiger partial charge in [-0.3, -0.25) is 4.79 Å². The lowest BCUT2D eigenvalue weighted by Crippen LogP contribution is -2.43. The van der Waals surface area contributed by atoms with Gasteiger partial charge in [0, 0.05) is 12.1 Å². The van der Waals surface area contributed by atoms with Crippen molar-refractivity contribution < 1.29 is 37.3 Å². The maximum absolute atomic E-state index is 12.4. The normalized spacial score (nSPS) is 12.5. The van der Waals surface area contributed by atoms with Gasteiger partial charge in [-0.05, 0) is 18.2 Å². The number of hydrogen-bond acceptors (Lipinski definition) is 4. The molecule has 0 aliphatic heterocycles. The number of ether oxygens (including phenoxy) is 2. The van der Waals surface area contributed by atoms with Gasteiger partial charge in [-0.2, -0.15) is 13.2 Å². The highest BCUT2D eigenvalue weighted by atomic mass is 35.5. The number of carbonyl (C=O) groups is 2. The molecule has 1 atom stereocenters. The number of hydrogen-bond donors (Lipinski definition) is 2. The molecule has 0 saturated heterocycles. The molecular formula is C14H15ClF3NO5. The third-order valence-corrected chi connectivity index (χ3v) is 3.01. The van der Waals surface area contributed by atoms with E-state index in [0.717, 1.165) is 0 Å². The number of benzene rings is 1. The molecule has 0 aliphatic rings. The second-order valence-corrected chi connectivity index (χ2v) is 5.10. The van der Waals surface area contributed by atoms with Gasteiger partial charge < -0.3 is 19.9 Å². The molecule has 134 valence electrons. The van der Waals surface area contributed by atoms with Gasteiger partial charge in [0.05, 0.1) is 18.6 Å². The summed E-state index contributed by atoms with van der Waals surface area (Å²) in [5.74, 6) is -2.80. The zero-order valence-corrected chi connectivity index (χ0v) is 13.3.